The highest BCUT2D eigenvalue weighted by Gasteiger charge is 2.53. The first-order chi connectivity index (χ1) is 47.7. The van der Waals surface area contributed by atoms with Gasteiger partial charge in [0.15, 0.2) is 0 Å². The van der Waals surface area contributed by atoms with E-state index in [1.165, 1.54) is 0 Å². The molecule has 0 saturated carbocycles. The number of rotatable bonds is 20. The molecule has 0 atom stereocenters. The highest BCUT2D eigenvalue weighted by atomic mass is 35.6. The van der Waals surface area contributed by atoms with Gasteiger partial charge in [0.2, 0.25) is 0 Å². The van der Waals surface area contributed by atoms with Crippen LogP contribution < -0.4 is 57.5 Å². The van der Waals surface area contributed by atoms with Gasteiger partial charge in [-0.05, 0) is 287 Å². The number of halogens is 4. The number of hydrogen-bond donors (Lipinski definition) is 0. The van der Waals surface area contributed by atoms with Gasteiger partial charge in [-0.1, -0.05) is 70.7 Å². The smallest absolute Gasteiger partial charge is 0.266 e. The van der Waals surface area contributed by atoms with Crippen LogP contribution in [0.15, 0.2) is 267 Å². The van der Waals surface area contributed by atoms with E-state index in [-0.39, 0.29) is 0 Å². The molecule has 0 fully saturated rings. The SMILES string of the molecule is COc1ccc(N(c2ccc(OC)cc2)c2ccc3c(c2)C2(c4cc(N(c5ccc(OC)cc5)c5ccc(OC)cc5)ccc4-3)c3cc(N(c4ccc(OC)cc4)c4ccc(OC)cc4)ccc3-c3ccc(N(c4ccc(OC)cc4)c4ccc(OC)cc4)cc32)cc1.ClC(Cl)(Cl)Cl. The average molecular weight is 1380 g/mol. The van der Waals surface area contributed by atoms with Crippen molar-refractivity contribution in [1.29, 1.82) is 0 Å². The van der Waals surface area contributed by atoms with Gasteiger partial charge in [-0.15, -0.1) is 0 Å². The van der Waals surface area contributed by atoms with Crippen molar-refractivity contribution in [2.45, 2.75) is 8.67 Å². The van der Waals surface area contributed by atoms with Crippen LogP contribution >= 0.6 is 46.4 Å². The summed E-state index contributed by atoms with van der Waals surface area (Å²) in [5.41, 5.74) is 19.2. The molecule has 98 heavy (non-hydrogen) atoms. The van der Waals surface area contributed by atoms with Crippen LogP contribution in [0.4, 0.5) is 68.2 Å². The molecule has 0 radical (unpaired) electrons. The lowest BCUT2D eigenvalue weighted by Crippen LogP contribution is -2.27. The molecule has 12 nitrogen and oxygen atoms in total. The summed E-state index contributed by atoms with van der Waals surface area (Å²) in [6.45, 7) is 0. The lowest BCUT2D eigenvalue weighted by Gasteiger charge is -2.35. The van der Waals surface area contributed by atoms with E-state index in [2.05, 4.69) is 189 Å². The number of anilines is 12. The number of fused-ring (bicyclic) bond motifs is 10. The van der Waals surface area contributed by atoms with Gasteiger partial charge in [0.05, 0.1) is 62.3 Å². The monoisotopic (exact) mass is 1380 g/mol. The second-order valence-corrected chi connectivity index (χ2v) is 26.5. The van der Waals surface area contributed by atoms with Crippen molar-refractivity contribution in [3.05, 3.63) is 289 Å². The van der Waals surface area contributed by atoms with Crippen LogP contribution in [0.3, 0.4) is 0 Å². The summed E-state index contributed by atoms with van der Waals surface area (Å²) in [6.07, 6.45) is 0. The maximum absolute atomic E-state index is 5.75. The van der Waals surface area contributed by atoms with Crippen molar-refractivity contribution >= 4 is 115 Å². The van der Waals surface area contributed by atoms with E-state index < -0.39 is 8.67 Å². The van der Waals surface area contributed by atoms with Crippen molar-refractivity contribution in [3.63, 3.8) is 0 Å². The summed E-state index contributed by atoms with van der Waals surface area (Å²) in [5.74, 6) is 6.06. The first kappa shape index (κ1) is 66.0. The quantitative estimate of drug-likeness (QED) is 0.0681. The molecule has 16 heteroatoms. The van der Waals surface area contributed by atoms with Crippen LogP contribution in [-0.4, -0.2) is 60.1 Å². The van der Waals surface area contributed by atoms with Crippen LogP contribution in [-0.2, 0) is 5.41 Å². The third kappa shape index (κ3) is 12.9. The minimum absolute atomic E-state index is 0.758. The van der Waals surface area contributed by atoms with Crippen molar-refractivity contribution in [3.8, 4) is 68.2 Å². The number of benzene rings is 12. The largest absolute Gasteiger partial charge is 0.497 e. The molecule has 0 heterocycles. The zero-order valence-corrected chi connectivity index (χ0v) is 58.0. The van der Waals surface area contributed by atoms with Crippen molar-refractivity contribution < 1.29 is 37.9 Å². The molecule has 2 aliphatic rings. The predicted octanol–water partition coefficient (Wildman–Crippen LogP) is 22.5. The molecule has 0 aromatic heterocycles. The molecule has 14 rings (SSSR count). The second-order valence-electron chi connectivity index (χ2n) is 23.0. The maximum Gasteiger partial charge on any atom is 0.266 e. The molecule has 2 aliphatic carbocycles. The molecular weight excluding hydrogens is 1310 g/mol. The Morgan fingerprint density at radius 3 is 0.449 bits per heavy atom. The molecule has 0 amide bonds. The Hall–Kier alpha value is -10.6. The molecule has 12 aromatic rings. The minimum atomic E-state index is -1.61. The number of methoxy groups -OCH3 is 8. The molecule has 1 spiro atoms. The Morgan fingerprint density at radius 2 is 0.327 bits per heavy atom. The van der Waals surface area contributed by atoms with Crippen molar-refractivity contribution in [2.24, 2.45) is 0 Å². The van der Waals surface area contributed by atoms with E-state index in [1.54, 1.807) is 56.9 Å². The van der Waals surface area contributed by atoms with Crippen LogP contribution in [0.1, 0.15) is 22.3 Å². The standard InChI is InChI=1S/C81H68N4O8.CCl4/c1-86-65-29-9-53(10-30-65)82(54-11-31-66(87-2)32-12-54)61-25-45-73-74-46-26-62(83(55-13-33-67(88-3)34-14-55)56-15-35-68(89-4)36-16-56)50-78(74)81(77(73)49-61)79-51-63(84(57-17-37-69(90-5)38-18-57)58-19-39-70(91-6)40-20-58)27-47-75(79)76-48-28-64(52-80(76)81)85(59-21-41-71(92-7)42-22-59)60-23-43-72(93-8)44-24-60;2-1(3,4)5/h9-52H,1-8H3;. The fourth-order valence-corrected chi connectivity index (χ4v) is 13.4. The van der Waals surface area contributed by atoms with Crippen molar-refractivity contribution in [1.82, 2.24) is 0 Å². The molecule has 0 bridgehead atoms. The van der Waals surface area contributed by atoms with E-state index in [4.69, 9.17) is 84.3 Å². The van der Waals surface area contributed by atoms with Gasteiger partial charge >= 0.3 is 0 Å². The Labute approximate surface area is 591 Å². The topological polar surface area (TPSA) is 86.8 Å². The van der Waals surface area contributed by atoms with Gasteiger partial charge < -0.3 is 57.5 Å². The Bertz CT molecular complexity index is 3980. The number of ether oxygens (including phenoxy) is 8. The van der Waals surface area contributed by atoms with E-state index in [0.717, 1.165) is 159 Å². The summed E-state index contributed by atoms with van der Waals surface area (Å²) in [7, 11) is 13.6. The molecule has 0 saturated heterocycles. The maximum atomic E-state index is 5.75. The van der Waals surface area contributed by atoms with Crippen LogP contribution in [0.2, 0.25) is 0 Å². The second kappa shape index (κ2) is 28.2. The minimum Gasteiger partial charge on any atom is -0.497 e. The molecule has 492 valence electrons. The zero-order chi connectivity index (χ0) is 68.2. The highest BCUT2D eigenvalue weighted by Crippen LogP contribution is 2.66. The fraction of sp³-hybridized carbons (Fsp3) is 0.122. The molecule has 0 aliphatic heterocycles. The number of hydrogen-bond acceptors (Lipinski definition) is 12. The van der Waals surface area contributed by atoms with Crippen LogP contribution in [0.5, 0.6) is 46.0 Å². The summed E-state index contributed by atoms with van der Waals surface area (Å²) in [5, 5.41) is 0. The molecule has 0 unspecified atom stereocenters. The summed E-state index contributed by atoms with van der Waals surface area (Å²) < 4.78 is 44.4. The van der Waals surface area contributed by atoms with Gasteiger partial charge in [-0.2, -0.15) is 0 Å². The molecule has 0 N–H and O–H groups in total. The Balaban J connectivity index is 0.00000167. The number of alkyl halides is 4. The first-order valence-electron chi connectivity index (χ1n) is 31.4. The van der Waals surface area contributed by atoms with E-state index in [0.29, 0.717) is 0 Å². The number of nitrogens with zero attached hydrogens (tertiary/aromatic N) is 4. The van der Waals surface area contributed by atoms with E-state index >= 15 is 0 Å². The summed E-state index contributed by atoms with van der Waals surface area (Å²) in [4.78, 5) is 9.24. The zero-order valence-electron chi connectivity index (χ0n) is 55.0. The Morgan fingerprint density at radius 1 is 0.204 bits per heavy atom. The van der Waals surface area contributed by atoms with Crippen LogP contribution in [0, 0.1) is 0 Å². The van der Waals surface area contributed by atoms with Gasteiger partial charge in [0.1, 0.15) is 46.0 Å². The van der Waals surface area contributed by atoms with Gasteiger partial charge in [0.25, 0.3) is 3.25 Å². The molecular formula is C82H68Cl4N4O8. The predicted molar refractivity (Wildman–Crippen MR) is 400 cm³/mol. The third-order valence-corrected chi connectivity index (χ3v) is 17.9. The normalized spacial score (nSPS) is 12.0. The van der Waals surface area contributed by atoms with Gasteiger partial charge in [-0.25, -0.2) is 0 Å². The first-order valence-corrected chi connectivity index (χ1v) is 32.9. The van der Waals surface area contributed by atoms with Crippen LogP contribution in [0.25, 0.3) is 22.3 Å². The van der Waals surface area contributed by atoms with Crippen molar-refractivity contribution in [2.75, 3.05) is 76.5 Å². The van der Waals surface area contributed by atoms with E-state index in [1.807, 2.05) is 97.1 Å². The van der Waals surface area contributed by atoms with E-state index in [9.17, 15) is 0 Å². The van der Waals surface area contributed by atoms with Gasteiger partial charge in [0, 0.05) is 68.2 Å². The Kier molecular flexibility index (Phi) is 19.0. The van der Waals surface area contributed by atoms with Gasteiger partial charge in [-0.3, -0.25) is 0 Å². The summed E-state index contributed by atoms with van der Waals surface area (Å²) in [6, 6.07) is 93.9. The summed E-state index contributed by atoms with van der Waals surface area (Å²) >= 11 is 19.3. The average Bonchev–Trinajstić information content (AvgIpc) is 1.50. The molecule has 12 aromatic carbocycles. The third-order valence-electron chi connectivity index (χ3n) is 17.9. The highest BCUT2D eigenvalue weighted by molar-refractivity contribution is 6.83. The lowest BCUT2D eigenvalue weighted by atomic mass is 9.70. The lowest BCUT2D eigenvalue weighted by molar-refractivity contribution is 0.414. The fourth-order valence-electron chi connectivity index (χ4n) is 13.4.